The minimum atomic E-state index is -4.42. The molecule has 25 heavy (non-hydrogen) atoms. The van der Waals surface area contributed by atoms with E-state index in [1.807, 2.05) is 6.92 Å². The summed E-state index contributed by atoms with van der Waals surface area (Å²) in [4.78, 5) is 14.2. The van der Waals surface area contributed by atoms with Crippen LogP contribution in [0.15, 0.2) is 36.5 Å². The van der Waals surface area contributed by atoms with Crippen molar-refractivity contribution >= 4 is 18.3 Å². The van der Waals surface area contributed by atoms with Crippen LogP contribution in [0.4, 0.5) is 13.2 Å². The number of amides is 1. The van der Waals surface area contributed by atoms with Gasteiger partial charge in [0.25, 0.3) is 5.91 Å². The van der Waals surface area contributed by atoms with Gasteiger partial charge in [0.15, 0.2) is 5.69 Å². The number of hydrogen-bond acceptors (Lipinski definition) is 3. The number of carbonyl (C=O) groups is 1. The van der Waals surface area contributed by atoms with Crippen LogP contribution in [0.2, 0.25) is 0 Å². The second kappa shape index (κ2) is 7.45. The summed E-state index contributed by atoms with van der Waals surface area (Å²) in [5, 5.41) is 7.35. The Hall–Kier alpha value is -2.06. The lowest BCUT2D eigenvalue weighted by Gasteiger charge is -2.33. The van der Waals surface area contributed by atoms with Crippen LogP contribution in [0.25, 0.3) is 5.69 Å². The van der Waals surface area contributed by atoms with E-state index in [4.69, 9.17) is 0 Å². The number of nitrogens with one attached hydrogen (secondary N) is 1. The van der Waals surface area contributed by atoms with E-state index in [1.165, 1.54) is 29.1 Å². The van der Waals surface area contributed by atoms with Crippen molar-refractivity contribution in [3.63, 3.8) is 0 Å². The number of carbonyl (C=O) groups excluding carboxylic acids is 1. The first kappa shape index (κ1) is 19.3. The van der Waals surface area contributed by atoms with Crippen LogP contribution < -0.4 is 5.32 Å². The molecule has 136 valence electrons. The van der Waals surface area contributed by atoms with Gasteiger partial charge in [-0.1, -0.05) is 6.07 Å². The Morgan fingerprint density at radius 1 is 1.32 bits per heavy atom. The standard InChI is InChI=1S/C16H17F3N4O.ClH/c1-11-10-20-6-8-22(11)15(24)14-5-7-23(21-14)13-4-2-3-12(9-13)16(17,18)19;/h2-5,7,9,11,20H,6,8,10H2,1H3;1H. The van der Waals surface area contributed by atoms with E-state index >= 15 is 0 Å². The number of hydrogen-bond donors (Lipinski definition) is 1. The Balaban J connectivity index is 0.00000225. The molecule has 5 nitrogen and oxygen atoms in total. The third-order valence-electron chi connectivity index (χ3n) is 4.01. The van der Waals surface area contributed by atoms with E-state index in [-0.39, 0.29) is 35.7 Å². The Kier molecular flexibility index (Phi) is 5.74. The zero-order valence-electron chi connectivity index (χ0n) is 13.5. The average Bonchev–Trinajstić information content (AvgIpc) is 3.04. The molecule has 2 aromatic rings. The maximum atomic E-state index is 12.8. The number of nitrogens with zero attached hydrogens (tertiary/aromatic N) is 3. The quantitative estimate of drug-likeness (QED) is 0.879. The third-order valence-corrected chi connectivity index (χ3v) is 4.01. The number of alkyl halides is 3. The van der Waals surface area contributed by atoms with Gasteiger partial charge in [-0.15, -0.1) is 12.4 Å². The molecule has 1 N–H and O–H groups in total. The number of benzene rings is 1. The Labute approximate surface area is 149 Å². The number of rotatable bonds is 2. The molecule has 2 heterocycles. The molecule has 1 saturated heterocycles. The molecule has 3 rings (SSSR count). The molecule has 0 radical (unpaired) electrons. The van der Waals surface area contributed by atoms with Crippen LogP contribution in [-0.4, -0.2) is 46.3 Å². The maximum Gasteiger partial charge on any atom is 0.416 e. The minimum Gasteiger partial charge on any atom is -0.332 e. The predicted octanol–water partition coefficient (Wildman–Crippen LogP) is 2.75. The summed E-state index contributed by atoms with van der Waals surface area (Å²) in [5.41, 5.74) is -0.266. The van der Waals surface area contributed by atoms with Crippen LogP contribution in [0, 0.1) is 0 Å². The molecule has 1 fully saturated rings. The largest absolute Gasteiger partial charge is 0.416 e. The van der Waals surface area contributed by atoms with Crippen LogP contribution >= 0.6 is 12.4 Å². The molecule has 0 saturated carbocycles. The Morgan fingerprint density at radius 2 is 2.08 bits per heavy atom. The van der Waals surface area contributed by atoms with Crippen molar-refractivity contribution in [2.75, 3.05) is 19.6 Å². The van der Waals surface area contributed by atoms with E-state index in [0.29, 0.717) is 19.6 Å². The fourth-order valence-electron chi connectivity index (χ4n) is 2.70. The molecule has 0 aliphatic carbocycles. The summed E-state index contributed by atoms with van der Waals surface area (Å²) in [6, 6.07) is 6.42. The smallest absolute Gasteiger partial charge is 0.332 e. The van der Waals surface area contributed by atoms with Gasteiger partial charge >= 0.3 is 6.18 Å². The van der Waals surface area contributed by atoms with Crippen LogP contribution in [-0.2, 0) is 6.18 Å². The zero-order chi connectivity index (χ0) is 17.3. The van der Waals surface area contributed by atoms with Crippen molar-refractivity contribution in [2.24, 2.45) is 0 Å². The van der Waals surface area contributed by atoms with E-state index < -0.39 is 11.7 Å². The van der Waals surface area contributed by atoms with E-state index in [9.17, 15) is 18.0 Å². The third kappa shape index (κ3) is 4.13. The molecule has 9 heteroatoms. The van der Waals surface area contributed by atoms with Gasteiger partial charge in [0, 0.05) is 31.9 Å². The van der Waals surface area contributed by atoms with Gasteiger partial charge in [-0.2, -0.15) is 18.3 Å². The van der Waals surface area contributed by atoms with Gasteiger partial charge in [0.05, 0.1) is 11.3 Å². The molecule has 1 aromatic heterocycles. The highest BCUT2D eigenvalue weighted by Gasteiger charge is 2.31. The number of halogens is 4. The van der Waals surface area contributed by atoms with Crippen molar-refractivity contribution in [3.8, 4) is 5.69 Å². The highest BCUT2D eigenvalue weighted by atomic mass is 35.5. The average molecular weight is 375 g/mol. The monoisotopic (exact) mass is 374 g/mol. The van der Waals surface area contributed by atoms with Crippen molar-refractivity contribution in [2.45, 2.75) is 19.1 Å². The fourth-order valence-corrected chi connectivity index (χ4v) is 2.70. The summed E-state index contributed by atoms with van der Waals surface area (Å²) < 4.78 is 39.7. The SMILES string of the molecule is CC1CNCCN1C(=O)c1ccn(-c2cccc(C(F)(F)F)c2)n1.Cl. The highest BCUT2D eigenvalue weighted by molar-refractivity contribution is 5.92. The summed E-state index contributed by atoms with van der Waals surface area (Å²) in [5.74, 6) is -0.213. The molecule has 1 unspecified atom stereocenters. The minimum absolute atomic E-state index is 0. The lowest BCUT2D eigenvalue weighted by molar-refractivity contribution is -0.137. The molecule has 1 aromatic carbocycles. The summed E-state index contributed by atoms with van der Waals surface area (Å²) in [6.45, 7) is 3.94. The van der Waals surface area contributed by atoms with Crippen molar-refractivity contribution < 1.29 is 18.0 Å². The normalized spacial score (nSPS) is 17.9. The second-order valence-corrected chi connectivity index (χ2v) is 5.75. The van der Waals surface area contributed by atoms with Crippen LogP contribution in [0.1, 0.15) is 23.0 Å². The maximum absolute atomic E-state index is 12.8. The van der Waals surface area contributed by atoms with Crippen LogP contribution in [0.3, 0.4) is 0 Å². The summed E-state index contributed by atoms with van der Waals surface area (Å²) in [6.07, 6.45) is -2.92. The molecule has 0 bridgehead atoms. The Bertz CT molecular complexity index is 747. The molecular formula is C16H18ClF3N4O. The van der Waals surface area contributed by atoms with E-state index in [1.54, 1.807) is 4.90 Å². The first-order chi connectivity index (χ1) is 11.4. The van der Waals surface area contributed by atoms with Crippen molar-refractivity contribution in [1.29, 1.82) is 0 Å². The fraction of sp³-hybridized carbons (Fsp3) is 0.375. The summed E-state index contributed by atoms with van der Waals surface area (Å²) >= 11 is 0. The highest BCUT2D eigenvalue weighted by Crippen LogP contribution is 2.30. The van der Waals surface area contributed by atoms with Gasteiger partial charge in [-0.3, -0.25) is 4.79 Å². The van der Waals surface area contributed by atoms with Crippen molar-refractivity contribution in [1.82, 2.24) is 20.0 Å². The van der Waals surface area contributed by atoms with Gasteiger partial charge in [0.2, 0.25) is 0 Å². The van der Waals surface area contributed by atoms with Gasteiger partial charge in [-0.25, -0.2) is 4.68 Å². The van der Waals surface area contributed by atoms with Gasteiger partial charge in [-0.05, 0) is 31.2 Å². The van der Waals surface area contributed by atoms with E-state index in [2.05, 4.69) is 10.4 Å². The molecule has 1 aliphatic rings. The lowest BCUT2D eigenvalue weighted by atomic mass is 10.2. The van der Waals surface area contributed by atoms with Gasteiger partial charge in [0.1, 0.15) is 0 Å². The number of piperazine rings is 1. The Morgan fingerprint density at radius 3 is 2.76 bits per heavy atom. The second-order valence-electron chi connectivity index (χ2n) is 5.75. The first-order valence-electron chi connectivity index (χ1n) is 7.61. The molecule has 1 atom stereocenters. The van der Waals surface area contributed by atoms with Crippen LogP contribution in [0.5, 0.6) is 0 Å². The zero-order valence-corrected chi connectivity index (χ0v) is 14.3. The lowest BCUT2D eigenvalue weighted by Crippen LogP contribution is -2.52. The molecule has 1 amide bonds. The predicted molar refractivity (Wildman–Crippen MR) is 89.2 cm³/mol. The molecule has 0 spiro atoms. The topological polar surface area (TPSA) is 50.2 Å². The molecular weight excluding hydrogens is 357 g/mol. The van der Waals surface area contributed by atoms with E-state index in [0.717, 1.165) is 12.1 Å². The number of aromatic nitrogens is 2. The van der Waals surface area contributed by atoms with Crippen molar-refractivity contribution in [3.05, 3.63) is 47.8 Å². The van der Waals surface area contributed by atoms with Gasteiger partial charge < -0.3 is 10.2 Å². The summed E-state index contributed by atoms with van der Waals surface area (Å²) in [7, 11) is 0. The first-order valence-corrected chi connectivity index (χ1v) is 7.61. The molecule has 1 aliphatic heterocycles.